The fourth-order valence-corrected chi connectivity index (χ4v) is 3.26. The number of nitrogens with two attached hydrogens (primary N) is 1. The zero-order valence-electron chi connectivity index (χ0n) is 12.9. The van der Waals surface area contributed by atoms with Crippen molar-refractivity contribution in [2.24, 2.45) is 5.73 Å². The van der Waals surface area contributed by atoms with Crippen molar-refractivity contribution in [3.63, 3.8) is 0 Å². The monoisotopic (exact) mass is 255 g/mol. The Morgan fingerprint density at radius 2 is 1.94 bits per heavy atom. The summed E-state index contributed by atoms with van der Waals surface area (Å²) in [6.45, 7) is 11.3. The number of hydrogen-bond acceptors (Lipinski definition) is 3. The lowest BCUT2D eigenvalue weighted by atomic mass is 9.86. The summed E-state index contributed by atoms with van der Waals surface area (Å²) >= 11 is 0. The SMILES string of the molecule is CCCCC(CC)(CN)N1CCN(C)C(CC)C1. The molecular weight excluding hydrogens is 222 g/mol. The van der Waals surface area contributed by atoms with Crippen LogP contribution in [0.25, 0.3) is 0 Å². The van der Waals surface area contributed by atoms with Gasteiger partial charge in [0, 0.05) is 37.8 Å². The molecular formula is C15H33N3. The average molecular weight is 255 g/mol. The highest BCUT2D eigenvalue weighted by molar-refractivity contribution is 4.95. The summed E-state index contributed by atoms with van der Waals surface area (Å²) in [6, 6.07) is 0.706. The van der Waals surface area contributed by atoms with E-state index in [9.17, 15) is 0 Å². The summed E-state index contributed by atoms with van der Waals surface area (Å²) in [5, 5.41) is 0. The summed E-state index contributed by atoms with van der Waals surface area (Å²) in [4.78, 5) is 5.20. The molecule has 0 aromatic rings. The molecule has 0 radical (unpaired) electrons. The molecule has 0 aromatic carbocycles. The van der Waals surface area contributed by atoms with E-state index in [1.54, 1.807) is 0 Å². The van der Waals surface area contributed by atoms with Crippen LogP contribution in [0, 0.1) is 0 Å². The highest BCUT2D eigenvalue weighted by Gasteiger charge is 2.37. The van der Waals surface area contributed by atoms with E-state index in [1.165, 1.54) is 51.7 Å². The summed E-state index contributed by atoms with van der Waals surface area (Å²) in [5.74, 6) is 0. The summed E-state index contributed by atoms with van der Waals surface area (Å²) in [5.41, 5.74) is 6.41. The predicted molar refractivity (Wildman–Crippen MR) is 79.9 cm³/mol. The second-order valence-electron chi connectivity index (χ2n) is 5.87. The van der Waals surface area contributed by atoms with Crippen LogP contribution in [0.4, 0.5) is 0 Å². The number of unbranched alkanes of at least 4 members (excludes halogenated alkanes) is 1. The molecule has 3 nitrogen and oxygen atoms in total. The van der Waals surface area contributed by atoms with Gasteiger partial charge in [-0.05, 0) is 26.3 Å². The molecule has 0 saturated carbocycles. The first-order valence-electron chi connectivity index (χ1n) is 7.78. The zero-order valence-corrected chi connectivity index (χ0v) is 12.9. The van der Waals surface area contributed by atoms with Gasteiger partial charge >= 0.3 is 0 Å². The largest absolute Gasteiger partial charge is 0.329 e. The van der Waals surface area contributed by atoms with Crippen LogP contribution in [0.3, 0.4) is 0 Å². The Hall–Kier alpha value is -0.120. The number of rotatable bonds is 7. The minimum absolute atomic E-state index is 0.255. The molecule has 1 heterocycles. The Labute approximate surface area is 114 Å². The molecule has 0 spiro atoms. The fraction of sp³-hybridized carbons (Fsp3) is 1.00. The highest BCUT2D eigenvalue weighted by Crippen LogP contribution is 2.28. The van der Waals surface area contributed by atoms with E-state index in [2.05, 4.69) is 37.6 Å². The van der Waals surface area contributed by atoms with Gasteiger partial charge in [0.15, 0.2) is 0 Å². The fourth-order valence-electron chi connectivity index (χ4n) is 3.26. The predicted octanol–water partition coefficient (Wildman–Crippen LogP) is 2.31. The van der Waals surface area contributed by atoms with Crippen molar-refractivity contribution in [1.82, 2.24) is 9.80 Å². The third kappa shape index (κ3) is 3.46. The number of piperazine rings is 1. The maximum Gasteiger partial charge on any atom is 0.0330 e. The first-order chi connectivity index (χ1) is 8.63. The van der Waals surface area contributed by atoms with E-state index in [1.807, 2.05) is 0 Å². The Kier molecular flexibility index (Phi) is 6.61. The van der Waals surface area contributed by atoms with Crippen LogP contribution in [0.1, 0.15) is 52.9 Å². The Morgan fingerprint density at radius 3 is 2.44 bits per heavy atom. The summed E-state index contributed by atoms with van der Waals surface area (Å²) in [6.07, 6.45) is 6.26. The van der Waals surface area contributed by atoms with E-state index in [4.69, 9.17) is 5.73 Å². The smallest absolute Gasteiger partial charge is 0.0330 e. The van der Waals surface area contributed by atoms with Gasteiger partial charge in [0.1, 0.15) is 0 Å². The standard InChI is InChI=1S/C15H33N3/c1-5-8-9-15(7-3,13-16)18-11-10-17(4)14(6-2)12-18/h14H,5-13,16H2,1-4H3. The maximum absolute atomic E-state index is 6.16. The highest BCUT2D eigenvalue weighted by atomic mass is 15.3. The molecule has 2 N–H and O–H groups in total. The van der Waals surface area contributed by atoms with Crippen molar-refractivity contribution < 1.29 is 0 Å². The van der Waals surface area contributed by atoms with Crippen molar-refractivity contribution >= 4 is 0 Å². The molecule has 2 unspecified atom stereocenters. The van der Waals surface area contributed by atoms with Crippen molar-refractivity contribution in [1.29, 1.82) is 0 Å². The van der Waals surface area contributed by atoms with Crippen molar-refractivity contribution in [2.45, 2.75) is 64.5 Å². The van der Waals surface area contributed by atoms with E-state index in [0.29, 0.717) is 6.04 Å². The van der Waals surface area contributed by atoms with Crippen LogP contribution >= 0.6 is 0 Å². The van der Waals surface area contributed by atoms with Gasteiger partial charge in [-0.15, -0.1) is 0 Å². The molecule has 3 heteroatoms. The molecule has 1 aliphatic heterocycles. The molecule has 0 amide bonds. The third-order valence-corrected chi connectivity index (χ3v) is 4.95. The first-order valence-corrected chi connectivity index (χ1v) is 7.78. The van der Waals surface area contributed by atoms with Crippen LogP contribution in [-0.2, 0) is 0 Å². The van der Waals surface area contributed by atoms with Crippen LogP contribution < -0.4 is 5.73 Å². The minimum Gasteiger partial charge on any atom is -0.329 e. The van der Waals surface area contributed by atoms with Crippen LogP contribution in [0.2, 0.25) is 0 Å². The summed E-state index contributed by atoms with van der Waals surface area (Å²) in [7, 11) is 2.26. The van der Waals surface area contributed by atoms with E-state index < -0.39 is 0 Å². The van der Waals surface area contributed by atoms with Gasteiger partial charge in [-0.25, -0.2) is 0 Å². The molecule has 1 rings (SSSR count). The number of hydrogen-bond donors (Lipinski definition) is 1. The second kappa shape index (κ2) is 7.46. The van der Waals surface area contributed by atoms with Gasteiger partial charge in [-0.1, -0.05) is 33.6 Å². The Balaban J connectivity index is 2.73. The molecule has 1 fully saturated rings. The van der Waals surface area contributed by atoms with Crippen molar-refractivity contribution in [2.75, 3.05) is 33.2 Å². The molecule has 1 aliphatic rings. The van der Waals surface area contributed by atoms with E-state index in [0.717, 1.165) is 6.54 Å². The van der Waals surface area contributed by atoms with Crippen LogP contribution in [0.15, 0.2) is 0 Å². The average Bonchev–Trinajstić information content (AvgIpc) is 2.42. The normalized spacial score (nSPS) is 26.2. The van der Waals surface area contributed by atoms with E-state index >= 15 is 0 Å². The van der Waals surface area contributed by atoms with Gasteiger partial charge in [0.05, 0.1) is 0 Å². The molecule has 18 heavy (non-hydrogen) atoms. The Morgan fingerprint density at radius 1 is 1.22 bits per heavy atom. The quantitative estimate of drug-likeness (QED) is 0.758. The lowest BCUT2D eigenvalue weighted by Crippen LogP contribution is -2.62. The van der Waals surface area contributed by atoms with Crippen LogP contribution in [-0.4, -0.2) is 54.6 Å². The molecule has 0 aromatic heterocycles. The molecule has 108 valence electrons. The number of nitrogens with zero attached hydrogens (tertiary/aromatic N) is 2. The van der Waals surface area contributed by atoms with Crippen molar-refractivity contribution in [3.8, 4) is 0 Å². The maximum atomic E-state index is 6.16. The Bertz CT molecular complexity index is 226. The van der Waals surface area contributed by atoms with E-state index in [-0.39, 0.29) is 5.54 Å². The topological polar surface area (TPSA) is 32.5 Å². The third-order valence-electron chi connectivity index (χ3n) is 4.95. The second-order valence-corrected chi connectivity index (χ2v) is 5.87. The van der Waals surface area contributed by atoms with Gasteiger partial charge in [0.25, 0.3) is 0 Å². The molecule has 0 aliphatic carbocycles. The zero-order chi connectivity index (χ0) is 13.6. The van der Waals surface area contributed by atoms with Gasteiger partial charge in [0.2, 0.25) is 0 Å². The van der Waals surface area contributed by atoms with Crippen molar-refractivity contribution in [3.05, 3.63) is 0 Å². The molecule has 1 saturated heterocycles. The first kappa shape index (κ1) is 15.9. The molecule has 2 atom stereocenters. The summed E-state index contributed by atoms with van der Waals surface area (Å²) < 4.78 is 0. The van der Waals surface area contributed by atoms with Crippen LogP contribution in [0.5, 0.6) is 0 Å². The minimum atomic E-state index is 0.255. The molecule has 0 bridgehead atoms. The number of likely N-dealkylation sites (N-methyl/N-ethyl adjacent to an activating group) is 1. The van der Waals surface area contributed by atoms with Gasteiger partial charge in [-0.2, -0.15) is 0 Å². The lowest BCUT2D eigenvalue weighted by molar-refractivity contribution is 0.00393. The van der Waals surface area contributed by atoms with Gasteiger partial charge < -0.3 is 10.6 Å². The van der Waals surface area contributed by atoms with Gasteiger partial charge in [-0.3, -0.25) is 4.90 Å². The lowest BCUT2D eigenvalue weighted by Gasteiger charge is -2.49.